The molecule has 4 saturated carbocycles. The van der Waals surface area contributed by atoms with Gasteiger partial charge in [0.2, 0.25) is 11.8 Å². The van der Waals surface area contributed by atoms with Crippen LogP contribution in [0.25, 0.3) is 0 Å². The molecule has 6 aliphatic rings. The molecule has 54 heavy (non-hydrogen) atoms. The molecule has 4 amide bonds. The van der Waals surface area contributed by atoms with Gasteiger partial charge < -0.3 is 30.7 Å². The minimum atomic E-state index is -0.440. The number of aryl methyl sites for hydroxylation is 1. The zero-order chi connectivity index (χ0) is 37.5. The molecule has 0 bridgehead atoms. The highest BCUT2D eigenvalue weighted by Crippen LogP contribution is 2.47. The maximum Gasteiger partial charge on any atom is 0.314 e. The first-order valence-electron chi connectivity index (χ1n) is 20.0. The van der Waals surface area contributed by atoms with Crippen LogP contribution in [0.3, 0.4) is 0 Å². The first-order valence-corrected chi connectivity index (χ1v) is 21.6. The normalized spacial score (nSPS) is 24.0. The predicted octanol–water partition coefficient (Wildman–Crippen LogP) is 5.73. The first-order chi connectivity index (χ1) is 26.2. The van der Waals surface area contributed by atoms with Crippen LogP contribution in [0, 0.1) is 35.5 Å². The summed E-state index contributed by atoms with van der Waals surface area (Å²) in [4.78, 5) is 81.1. The molecule has 2 heterocycles. The second-order valence-corrected chi connectivity index (χ2v) is 18.3. The van der Waals surface area contributed by atoms with E-state index in [0.717, 1.165) is 65.8 Å². The van der Waals surface area contributed by atoms with E-state index in [-0.39, 0.29) is 72.5 Å². The lowest BCUT2D eigenvalue weighted by atomic mass is 9.86. The maximum absolute atomic E-state index is 13.5. The summed E-state index contributed by atoms with van der Waals surface area (Å²) in [6.45, 7) is 3.48. The molecule has 2 aromatic rings. The number of amides is 4. The Bertz CT molecular complexity index is 1840. The average molecular weight is 779 g/mol. The van der Waals surface area contributed by atoms with Crippen LogP contribution in [-0.2, 0) is 47.9 Å². The lowest BCUT2D eigenvalue weighted by Gasteiger charge is -2.21. The van der Waals surface area contributed by atoms with Crippen molar-refractivity contribution in [2.24, 2.45) is 35.5 Å². The second kappa shape index (κ2) is 15.8. The van der Waals surface area contributed by atoms with Gasteiger partial charge in [-0.15, -0.1) is 22.7 Å². The number of hydrogen-bond donors (Lipinski definition) is 4. The topological polar surface area (TPSA) is 169 Å². The number of fused-ring (bicyclic) bond motifs is 2. The molecule has 4 atom stereocenters. The lowest BCUT2D eigenvalue weighted by Crippen LogP contribution is -2.30. The summed E-state index contributed by atoms with van der Waals surface area (Å²) in [7, 11) is 0. The molecule has 0 saturated heterocycles. The van der Waals surface area contributed by atoms with Crippen molar-refractivity contribution in [1.82, 2.24) is 10.6 Å². The molecule has 8 rings (SSSR count). The van der Waals surface area contributed by atoms with E-state index in [1.807, 2.05) is 0 Å². The molecule has 14 heteroatoms. The summed E-state index contributed by atoms with van der Waals surface area (Å²) < 4.78 is 11.1. The quantitative estimate of drug-likeness (QED) is 0.157. The van der Waals surface area contributed by atoms with Crippen LogP contribution in [0.15, 0.2) is 0 Å². The van der Waals surface area contributed by atoms with Gasteiger partial charge in [0.05, 0.1) is 36.2 Å². The highest BCUT2D eigenvalue weighted by Gasteiger charge is 2.44. The Balaban J connectivity index is 0.865. The minimum absolute atomic E-state index is 0.0125. The van der Waals surface area contributed by atoms with Crippen molar-refractivity contribution in [2.75, 3.05) is 36.9 Å². The number of carbonyl (C=O) groups is 6. The Morgan fingerprint density at radius 2 is 1.37 bits per heavy atom. The third-order valence-electron chi connectivity index (χ3n) is 11.8. The molecule has 2 aromatic heterocycles. The Morgan fingerprint density at radius 1 is 0.704 bits per heavy atom. The van der Waals surface area contributed by atoms with Crippen LogP contribution in [0.1, 0.15) is 125 Å². The van der Waals surface area contributed by atoms with Crippen LogP contribution in [-0.4, -0.2) is 61.9 Å². The number of carbonyl (C=O) groups excluding carboxylic acids is 6. The predicted molar refractivity (Wildman–Crippen MR) is 204 cm³/mol. The van der Waals surface area contributed by atoms with Gasteiger partial charge >= 0.3 is 11.9 Å². The maximum atomic E-state index is 13.5. The number of anilines is 2. The van der Waals surface area contributed by atoms with Gasteiger partial charge in [-0.05, 0) is 126 Å². The van der Waals surface area contributed by atoms with Crippen molar-refractivity contribution in [3.05, 3.63) is 32.0 Å². The minimum Gasteiger partial charge on any atom is -0.465 e. The van der Waals surface area contributed by atoms with Gasteiger partial charge in [-0.25, -0.2) is 0 Å². The fourth-order valence-corrected chi connectivity index (χ4v) is 10.5. The largest absolute Gasteiger partial charge is 0.465 e. The van der Waals surface area contributed by atoms with Crippen molar-refractivity contribution >= 4 is 68.2 Å². The van der Waals surface area contributed by atoms with E-state index >= 15 is 0 Å². The monoisotopic (exact) mass is 778 g/mol. The van der Waals surface area contributed by atoms with Gasteiger partial charge in [-0.2, -0.15) is 0 Å². The van der Waals surface area contributed by atoms with E-state index in [4.69, 9.17) is 9.47 Å². The molecule has 4 fully saturated rings. The number of esters is 2. The number of rotatable bonds is 16. The highest BCUT2D eigenvalue weighted by atomic mass is 32.1. The molecule has 0 spiro atoms. The summed E-state index contributed by atoms with van der Waals surface area (Å²) >= 11 is 2.77. The van der Waals surface area contributed by atoms with Gasteiger partial charge in [0.25, 0.3) is 11.8 Å². The summed E-state index contributed by atoms with van der Waals surface area (Å²) in [5, 5.41) is 13.3. The highest BCUT2D eigenvalue weighted by molar-refractivity contribution is 7.17. The molecule has 4 unspecified atom stereocenters. The zero-order valence-electron chi connectivity index (χ0n) is 30.9. The summed E-state index contributed by atoms with van der Waals surface area (Å²) in [5.41, 5.74) is 2.66. The van der Waals surface area contributed by atoms with Gasteiger partial charge in [0.1, 0.15) is 10.0 Å². The van der Waals surface area contributed by atoms with Crippen molar-refractivity contribution in [1.29, 1.82) is 0 Å². The van der Waals surface area contributed by atoms with Crippen LogP contribution < -0.4 is 21.3 Å². The van der Waals surface area contributed by atoms with E-state index in [1.165, 1.54) is 22.7 Å². The van der Waals surface area contributed by atoms with Crippen LogP contribution >= 0.6 is 22.7 Å². The first kappa shape index (κ1) is 37.2. The number of ether oxygens (including phenoxy) is 2. The molecule has 6 aliphatic carbocycles. The number of hydrogen-bond acceptors (Lipinski definition) is 10. The van der Waals surface area contributed by atoms with E-state index < -0.39 is 5.92 Å². The Morgan fingerprint density at radius 3 is 2.04 bits per heavy atom. The Kier molecular flexibility index (Phi) is 10.8. The number of nitrogens with one attached hydrogen (secondary N) is 4. The molecule has 0 aliphatic heterocycles. The van der Waals surface area contributed by atoms with Gasteiger partial charge in [-0.3, -0.25) is 28.8 Å². The molecule has 4 N–H and O–H groups in total. The summed E-state index contributed by atoms with van der Waals surface area (Å²) in [6, 6.07) is 0. The zero-order valence-corrected chi connectivity index (χ0v) is 32.5. The number of thiophene rings is 2. The van der Waals surface area contributed by atoms with E-state index in [2.05, 4.69) is 21.3 Å². The Hall–Kier alpha value is -3.78. The molecular formula is C40H50N4O8S2. The van der Waals surface area contributed by atoms with Crippen LogP contribution in [0.5, 0.6) is 0 Å². The van der Waals surface area contributed by atoms with E-state index in [1.54, 1.807) is 6.92 Å². The average Bonchev–Trinajstić information content (AvgIpc) is 3.96. The van der Waals surface area contributed by atoms with Crippen LogP contribution in [0.2, 0.25) is 0 Å². The second-order valence-electron chi connectivity index (χ2n) is 16.1. The molecular weight excluding hydrogens is 729 g/mol. The smallest absolute Gasteiger partial charge is 0.314 e. The fourth-order valence-electron chi connectivity index (χ4n) is 7.91. The lowest BCUT2D eigenvalue weighted by molar-refractivity contribution is -0.149. The summed E-state index contributed by atoms with van der Waals surface area (Å²) in [6.07, 6.45) is 11.1. The molecule has 12 nitrogen and oxygen atoms in total. The SMILES string of the molecule is CCOC(=O)C1CCCc2c1sc(NC(=O)C1CC1CCOC(=O)C1CCc3sc(NC(=O)C4CC4)c(C(=O)NCC4CC4)c3C1)c2C(=O)NCC1CC1. The Labute approximate surface area is 323 Å². The van der Waals surface area contributed by atoms with E-state index in [9.17, 15) is 28.8 Å². The molecule has 290 valence electrons. The van der Waals surface area contributed by atoms with Crippen molar-refractivity contribution < 1.29 is 38.2 Å². The third-order valence-corrected chi connectivity index (χ3v) is 14.3. The molecule has 0 aromatic carbocycles. The molecule has 0 radical (unpaired) electrons. The van der Waals surface area contributed by atoms with Gasteiger partial charge in [0, 0.05) is 34.7 Å². The fraction of sp³-hybridized carbons (Fsp3) is 0.650. The van der Waals surface area contributed by atoms with Crippen molar-refractivity contribution in [3.63, 3.8) is 0 Å². The van der Waals surface area contributed by atoms with Crippen molar-refractivity contribution in [2.45, 2.75) is 103 Å². The standard InChI is InChI=1S/C40H50N4O8S2/c1-2-51-40(50)26-5-3-4-25-30(35(47)41-18-20-6-7-20)38(54-32(25)26)44-34(46)27-16-23(27)14-15-52-39(49)24-12-13-29-28(17-24)31(36(48)42-19-21-8-9-21)37(53-29)43-33(45)22-10-11-22/h20-24,26-27H,2-19H2,1H3,(H,41,47)(H,42,48)(H,43,45)(H,44,46). The van der Waals surface area contributed by atoms with Gasteiger partial charge in [0.15, 0.2) is 0 Å². The third kappa shape index (κ3) is 8.39. The van der Waals surface area contributed by atoms with Gasteiger partial charge in [-0.1, -0.05) is 0 Å². The van der Waals surface area contributed by atoms with Crippen molar-refractivity contribution in [3.8, 4) is 0 Å². The van der Waals surface area contributed by atoms with E-state index in [0.29, 0.717) is 91.0 Å². The summed E-state index contributed by atoms with van der Waals surface area (Å²) in [5.74, 6) is -1.20. The van der Waals surface area contributed by atoms with Crippen LogP contribution in [0.4, 0.5) is 10.0 Å².